The molecular weight excluding hydrogens is 411 g/mol. The van der Waals surface area contributed by atoms with Crippen molar-refractivity contribution in [1.29, 1.82) is 0 Å². The number of H-pyrrole nitrogens is 1. The van der Waals surface area contributed by atoms with Crippen molar-refractivity contribution in [3.8, 4) is 22.5 Å². The summed E-state index contributed by atoms with van der Waals surface area (Å²) >= 11 is 17.6. The summed E-state index contributed by atoms with van der Waals surface area (Å²) in [6, 6.07) is 23.5. The summed E-state index contributed by atoms with van der Waals surface area (Å²) in [6.45, 7) is 0. The summed E-state index contributed by atoms with van der Waals surface area (Å²) in [7, 11) is 0. The highest BCUT2D eigenvalue weighted by Crippen LogP contribution is 2.29. The van der Waals surface area contributed by atoms with Gasteiger partial charge in [-0.05, 0) is 47.1 Å². The second-order valence-electron chi connectivity index (χ2n) is 6.02. The lowest BCUT2D eigenvalue weighted by atomic mass is 10.0. The van der Waals surface area contributed by atoms with Crippen LogP contribution in [0.2, 0.25) is 10.0 Å². The lowest BCUT2D eigenvalue weighted by molar-refractivity contribution is 0.871. The molecule has 1 N–H and O–H groups in total. The van der Waals surface area contributed by atoms with Crippen LogP contribution >= 0.6 is 35.4 Å². The second kappa shape index (κ2) is 8.10. The topological polar surface area (TPSA) is 46.0 Å². The van der Waals surface area contributed by atoms with E-state index in [4.69, 9.17) is 35.4 Å². The van der Waals surface area contributed by atoms with Crippen LogP contribution in [0.25, 0.3) is 22.5 Å². The van der Waals surface area contributed by atoms with E-state index in [0.717, 1.165) is 11.1 Å². The Hall–Kier alpha value is -2.73. The molecule has 0 saturated heterocycles. The highest BCUT2D eigenvalue weighted by Gasteiger charge is 2.12. The number of rotatable bonds is 4. The van der Waals surface area contributed by atoms with E-state index in [9.17, 15) is 0 Å². The molecule has 0 unspecified atom stereocenters. The van der Waals surface area contributed by atoms with Gasteiger partial charge in [-0.2, -0.15) is 14.9 Å². The second-order valence-corrected chi connectivity index (χ2v) is 7.25. The quantitative estimate of drug-likeness (QED) is 0.301. The molecule has 7 heteroatoms. The number of aromatic amines is 1. The van der Waals surface area contributed by atoms with E-state index in [2.05, 4.69) is 39.6 Å². The average molecular weight is 425 g/mol. The van der Waals surface area contributed by atoms with Crippen LogP contribution in [0, 0.1) is 4.77 Å². The Kier molecular flexibility index (Phi) is 5.39. The fraction of sp³-hybridized carbons (Fsp3) is 0. The first kappa shape index (κ1) is 18.6. The van der Waals surface area contributed by atoms with E-state index >= 15 is 0 Å². The minimum Gasteiger partial charge on any atom is -0.250 e. The first-order valence-electron chi connectivity index (χ1n) is 8.44. The smallest absolute Gasteiger partial charge is 0.216 e. The Morgan fingerprint density at radius 1 is 0.929 bits per heavy atom. The van der Waals surface area contributed by atoms with Gasteiger partial charge in [-0.1, -0.05) is 77.8 Å². The summed E-state index contributed by atoms with van der Waals surface area (Å²) < 4.78 is 1.91. The predicted molar refractivity (Wildman–Crippen MR) is 118 cm³/mol. The van der Waals surface area contributed by atoms with Crippen molar-refractivity contribution in [1.82, 2.24) is 14.9 Å². The van der Waals surface area contributed by atoms with Gasteiger partial charge >= 0.3 is 0 Å². The fourth-order valence-corrected chi connectivity index (χ4v) is 3.43. The third-order valence-electron chi connectivity index (χ3n) is 4.16. The molecule has 1 aromatic heterocycles. The Labute approximate surface area is 177 Å². The summed E-state index contributed by atoms with van der Waals surface area (Å²) in [6.07, 6.45) is 1.73. The fourth-order valence-electron chi connectivity index (χ4n) is 2.76. The van der Waals surface area contributed by atoms with E-state index in [0.29, 0.717) is 26.2 Å². The third-order valence-corrected chi connectivity index (χ3v) is 4.97. The molecule has 0 radical (unpaired) electrons. The minimum absolute atomic E-state index is 0.373. The van der Waals surface area contributed by atoms with Crippen molar-refractivity contribution in [3.63, 3.8) is 0 Å². The standard InChI is InChI=1S/C21H14Cl2N4S/c22-17-10-11-18(19(23)12-17)20-25-26-21(28)27(20)24-13-14-6-8-16(9-7-14)15-4-2-1-3-5-15/h1-13H,(H,26,28)/b24-13+. The number of nitrogens with zero attached hydrogens (tertiary/aromatic N) is 3. The van der Waals surface area contributed by atoms with Crippen molar-refractivity contribution in [3.05, 3.63) is 93.2 Å². The van der Waals surface area contributed by atoms with Crippen LogP contribution < -0.4 is 0 Å². The van der Waals surface area contributed by atoms with Gasteiger partial charge in [0, 0.05) is 10.6 Å². The zero-order valence-corrected chi connectivity index (χ0v) is 16.8. The van der Waals surface area contributed by atoms with Crippen molar-refractivity contribution in [2.45, 2.75) is 0 Å². The number of aromatic nitrogens is 3. The van der Waals surface area contributed by atoms with Gasteiger partial charge in [0.1, 0.15) is 0 Å². The third kappa shape index (κ3) is 3.92. The van der Waals surface area contributed by atoms with Crippen LogP contribution in [0.15, 0.2) is 77.9 Å². The van der Waals surface area contributed by atoms with Crippen molar-refractivity contribution >= 4 is 41.6 Å². The average Bonchev–Trinajstić information content (AvgIpc) is 3.08. The molecule has 4 nitrogen and oxygen atoms in total. The lowest BCUT2D eigenvalue weighted by Gasteiger charge is -2.04. The molecular formula is C21H14Cl2N4S. The normalized spacial score (nSPS) is 11.2. The molecule has 4 aromatic rings. The maximum absolute atomic E-state index is 6.30. The lowest BCUT2D eigenvalue weighted by Crippen LogP contribution is -1.95. The summed E-state index contributed by atoms with van der Waals surface area (Å²) in [4.78, 5) is 0. The molecule has 0 atom stereocenters. The zero-order valence-electron chi connectivity index (χ0n) is 14.5. The van der Waals surface area contributed by atoms with Crippen LogP contribution in [0.1, 0.15) is 5.56 Å². The SMILES string of the molecule is S=c1[nH]nc(-c2ccc(Cl)cc2Cl)n1/N=C/c1ccc(-c2ccccc2)cc1. The Bertz CT molecular complexity index is 1200. The molecule has 3 aromatic carbocycles. The van der Waals surface area contributed by atoms with Crippen molar-refractivity contribution in [2.75, 3.05) is 0 Å². The maximum atomic E-state index is 6.30. The van der Waals surface area contributed by atoms with Gasteiger partial charge in [0.25, 0.3) is 0 Å². The Morgan fingerprint density at radius 2 is 1.64 bits per heavy atom. The van der Waals surface area contributed by atoms with Crippen LogP contribution in [-0.2, 0) is 0 Å². The predicted octanol–water partition coefficient (Wildman–Crippen LogP) is 6.46. The minimum atomic E-state index is 0.373. The first-order chi connectivity index (χ1) is 13.6. The molecule has 0 amide bonds. The van der Waals surface area contributed by atoms with Crippen molar-refractivity contribution < 1.29 is 0 Å². The Balaban J connectivity index is 1.64. The largest absolute Gasteiger partial charge is 0.250 e. The van der Waals surface area contributed by atoms with Crippen LogP contribution in [-0.4, -0.2) is 21.1 Å². The number of hydrogen-bond donors (Lipinski definition) is 1. The van der Waals surface area contributed by atoms with E-state index in [1.165, 1.54) is 10.2 Å². The van der Waals surface area contributed by atoms with Gasteiger partial charge in [0.15, 0.2) is 5.82 Å². The molecule has 0 fully saturated rings. The number of benzene rings is 3. The molecule has 0 aliphatic rings. The maximum Gasteiger partial charge on any atom is 0.216 e. The highest BCUT2D eigenvalue weighted by molar-refractivity contribution is 7.71. The molecule has 138 valence electrons. The summed E-state index contributed by atoms with van der Waals surface area (Å²) in [5.41, 5.74) is 3.94. The molecule has 0 aliphatic carbocycles. The summed E-state index contributed by atoms with van der Waals surface area (Å²) in [5, 5.41) is 12.5. The molecule has 4 rings (SSSR count). The Morgan fingerprint density at radius 3 is 2.36 bits per heavy atom. The number of nitrogens with one attached hydrogen (secondary N) is 1. The number of halogens is 2. The molecule has 0 saturated carbocycles. The highest BCUT2D eigenvalue weighted by atomic mass is 35.5. The van der Waals surface area contributed by atoms with Gasteiger partial charge in [-0.3, -0.25) is 0 Å². The summed E-state index contributed by atoms with van der Waals surface area (Å²) in [5.74, 6) is 0.517. The zero-order chi connectivity index (χ0) is 19.5. The van der Waals surface area contributed by atoms with E-state index in [1.54, 1.807) is 24.4 Å². The molecule has 0 bridgehead atoms. The number of hydrogen-bond acceptors (Lipinski definition) is 3. The van der Waals surface area contributed by atoms with Gasteiger partial charge in [0.05, 0.1) is 11.2 Å². The molecule has 28 heavy (non-hydrogen) atoms. The molecule has 1 heterocycles. The monoisotopic (exact) mass is 424 g/mol. The van der Waals surface area contributed by atoms with E-state index in [1.807, 2.05) is 30.3 Å². The van der Waals surface area contributed by atoms with Gasteiger partial charge in [-0.15, -0.1) is 0 Å². The van der Waals surface area contributed by atoms with Crippen molar-refractivity contribution in [2.24, 2.45) is 5.10 Å². The van der Waals surface area contributed by atoms with Crippen LogP contribution in [0.5, 0.6) is 0 Å². The first-order valence-corrected chi connectivity index (χ1v) is 9.61. The van der Waals surface area contributed by atoms with Gasteiger partial charge < -0.3 is 0 Å². The van der Waals surface area contributed by atoms with E-state index < -0.39 is 0 Å². The van der Waals surface area contributed by atoms with E-state index in [-0.39, 0.29) is 0 Å². The van der Waals surface area contributed by atoms with Crippen LogP contribution in [0.4, 0.5) is 0 Å². The van der Waals surface area contributed by atoms with Crippen LogP contribution in [0.3, 0.4) is 0 Å². The van der Waals surface area contributed by atoms with Gasteiger partial charge in [-0.25, -0.2) is 5.10 Å². The molecule has 0 spiro atoms. The molecule has 0 aliphatic heterocycles. The van der Waals surface area contributed by atoms with Gasteiger partial charge in [0.2, 0.25) is 4.77 Å².